The second-order valence-electron chi connectivity index (χ2n) is 11.5. The van der Waals surface area contributed by atoms with Crippen LogP contribution in [0.3, 0.4) is 0 Å². The average Bonchev–Trinajstić information content (AvgIpc) is 3.33. The fraction of sp³-hybridized carbons (Fsp3) is 0.324. The first-order valence-corrected chi connectivity index (χ1v) is 14.8. The number of carbonyl (C=O) groups is 3. The first-order chi connectivity index (χ1) is 21.1. The highest BCUT2D eigenvalue weighted by Gasteiger charge is 2.34. The number of aliphatic hydroxyl groups is 1. The molecule has 3 atom stereocenters. The lowest BCUT2D eigenvalue weighted by Crippen LogP contribution is -2.50. The molecule has 0 bridgehead atoms. The third-order valence-corrected chi connectivity index (χ3v) is 8.10. The lowest BCUT2D eigenvalue weighted by molar-refractivity contribution is -0.115. The summed E-state index contributed by atoms with van der Waals surface area (Å²) in [6.07, 6.45) is 1.68. The number of aromatic nitrogens is 1. The molecule has 1 aromatic heterocycles. The number of amides is 4. The van der Waals surface area contributed by atoms with Crippen LogP contribution in [-0.2, 0) is 18.3 Å². The zero-order valence-corrected chi connectivity index (χ0v) is 25.5. The number of hydrogen-bond donors (Lipinski definition) is 3. The Bertz CT molecular complexity index is 1650. The van der Waals surface area contributed by atoms with Gasteiger partial charge in [0.1, 0.15) is 11.9 Å². The molecule has 10 heteroatoms. The highest BCUT2D eigenvalue weighted by atomic mass is 16.5. The number of benzene rings is 3. The molecule has 2 heterocycles. The number of para-hydroxylation sites is 2. The fourth-order valence-corrected chi connectivity index (χ4v) is 5.56. The van der Waals surface area contributed by atoms with Gasteiger partial charge in [0, 0.05) is 55.0 Å². The number of anilines is 2. The summed E-state index contributed by atoms with van der Waals surface area (Å²) in [5.74, 6) is -0.315. The molecular weight excluding hydrogens is 558 g/mol. The van der Waals surface area contributed by atoms with Gasteiger partial charge in [-0.1, -0.05) is 43.3 Å². The highest BCUT2D eigenvalue weighted by Crippen LogP contribution is 2.31. The summed E-state index contributed by atoms with van der Waals surface area (Å²) in [5.41, 5.74) is 3.38. The van der Waals surface area contributed by atoms with Crippen molar-refractivity contribution in [3.63, 3.8) is 0 Å². The lowest BCUT2D eigenvalue weighted by atomic mass is 9.99. The standard InChI is InChI=1S/C34H39N5O5/c1-22-18-39(23(2)21-40)33(42)28-17-26(35-32(41)16-24-19-37(3)29-13-9-8-12-27(24)29)14-15-30(28)44-31(22)20-38(4)34(43)36-25-10-6-5-7-11-25/h5-15,17,19,22-23,31,40H,16,18,20-21H2,1-4H3,(H,35,41)(H,36,43)/t22-,23-,31-/m0/s1. The van der Waals surface area contributed by atoms with E-state index in [2.05, 4.69) is 10.6 Å². The minimum atomic E-state index is -0.450. The molecule has 1 aliphatic heterocycles. The summed E-state index contributed by atoms with van der Waals surface area (Å²) in [5, 5.41) is 16.8. The molecule has 4 amide bonds. The quantitative estimate of drug-likeness (QED) is 0.271. The van der Waals surface area contributed by atoms with Crippen LogP contribution in [0.4, 0.5) is 16.2 Å². The third-order valence-electron chi connectivity index (χ3n) is 8.10. The maximum atomic E-state index is 13.8. The maximum absolute atomic E-state index is 13.8. The van der Waals surface area contributed by atoms with E-state index < -0.39 is 12.1 Å². The largest absolute Gasteiger partial charge is 0.487 e. The van der Waals surface area contributed by atoms with Crippen LogP contribution in [0, 0.1) is 5.92 Å². The number of carbonyl (C=O) groups excluding carboxylic acids is 3. The van der Waals surface area contributed by atoms with E-state index in [1.54, 1.807) is 42.0 Å². The van der Waals surface area contributed by atoms with Gasteiger partial charge < -0.3 is 34.8 Å². The average molecular weight is 598 g/mol. The highest BCUT2D eigenvalue weighted by molar-refractivity contribution is 6.01. The second kappa shape index (κ2) is 13.2. The van der Waals surface area contributed by atoms with Crippen LogP contribution in [0.25, 0.3) is 10.9 Å². The van der Waals surface area contributed by atoms with E-state index in [0.717, 1.165) is 16.5 Å². The Morgan fingerprint density at radius 3 is 2.52 bits per heavy atom. The molecule has 3 N–H and O–H groups in total. The Morgan fingerprint density at radius 2 is 1.77 bits per heavy atom. The van der Waals surface area contributed by atoms with Gasteiger partial charge in [-0.25, -0.2) is 4.79 Å². The number of rotatable bonds is 8. The Kier molecular flexibility index (Phi) is 9.20. The van der Waals surface area contributed by atoms with Gasteiger partial charge in [0.25, 0.3) is 5.91 Å². The number of likely N-dealkylation sites (N-methyl/N-ethyl adjacent to an activating group) is 1. The van der Waals surface area contributed by atoms with Gasteiger partial charge in [-0.05, 0) is 48.9 Å². The minimum absolute atomic E-state index is 0.159. The van der Waals surface area contributed by atoms with E-state index in [9.17, 15) is 19.5 Å². The predicted molar refractivity (Wildman–Crippen MR) is 171 cm³/mol. The molecule has 0 unspecified atom stereocenters. The van der Waals surface area contributed by atoms with E-state index >= 15 is 0 Å². The molecule has 0 saturated carbocycles. The SMILES string of the molecule is C[C@H]1CN([C@@H](C)CO)C(=O)c2cc(NC(=O)Cc3cn(C)c4ccccc34)ccc2O[C@H]1CN(C)C(=O)Nc1ccccc1. The van der Waals surface area contributed by atoms with Gasteiger partial charge in [-0.3, -0.25) is 9.59 Å². The molecule has 10 nitrogen and oxygen atoms in total. The van der Waals surface area contributed by atoms with Gasteiger partial charge in [-0.2, -0.15) is 0 Å². The lowest BCUT2D eigenvalue weighted by Gasteiger charge is -2.38. The summed E-state index contributed by atoms with van der Waals surface area (Å²) < 4.78 is 8.41. The monoisotopic (exact) mass is 597 g/mol. The van der Waals surface area contributed by atoms with Gasteiger partial charge in [0.05, 0.1) is 31.2 Å². The fourth-order valence-electron chi connectivity index (χ4n) is 5.56. The zero-order chi connectivity index (χ0) is 31.4. The van der Waals surface area contributed by atoms with Crippen LogP contribution in [0.2, 0.25) is 0 Å². The van der Waals surface area contributed by atoms with E-state index in [4.69, 9.17) is 4.74 Å². The number of ether oxygens (including phenoxy) is 1. The van der Waals surface area contributed by atoms with Crippen molar-refractivity contribution in [2.75, 3.05) is 37.4 Å². The third kappa shape index (κ3) is 6.70. The van der Waals surface area contributed by atoms with Crippen LogP contribution in [0.1, 0.15) is 29.8 Å². The molecule has 1 aliphatic rings. The molecular formula is C34H39N5O5. The van der Waals surface area contributed by atoms with E-state index in [1.165, 1.54) is 0 Å². The van der Waals surface area contributed by atoms with Crippen molar-refractivity contribution >= 4 is 40.1 Å². The molecule has 5 rings (SSSR count). The first-order valence-electron chi connectivity index (χ1n) is 14.8. The summed E-state index contributed by atoms with van der Waals surface area (Å²) in [6.45, 7) is 4.12. The molecule has 3 aromatic carbocycles. The Hall–Kier alpha value is -4.83. The number of fused-ring (bicyclic) bond motifs is 2. The van der Waals surface area contributed by atoms with Gasteiger partial charge >= 0.3 is 6.03 Å². The van der Waals surface area contributed by atoms with Crippen molar-refractivity contribution < 1.29 is 24.2 Å². The van der Waals surface area contributed by atoms with Crippen LogP contribution < -0.4 is 15.4 Å². The molecule has 0 radical (unpaired) electrons. The maximum Gasteiger partial charge on any atom is 0.321 e. The molecule has 44 heavy (non-hydrogen) atoms. The summed E-state index contributed by atoms with van der Waals surface area (Å²) in [6, 6.07) is 21.4. The smallest absolute Gasteiger partial charge is 0.321 e. The van der Waals surface area contributed by atoms with Crippen molar-refractivity contribution in [2.45, 2.75) is 32.4 Å². The van der Waals surface area contributed by atoms with E-state index in [0.29, 0.717) is 23.7 Å². The minimum Gasteiger partial charge on any atom is -0.487 e. The van der Waals surface area contributed by atoms with Crippen LogP contribution in [-0.4, -0.2) is 76.2 Å². The zero-order valence-electron chi connectivity index (χ0n) is 25.5. The first kappa shape index (κ1) is 30.6. The molecule has 230 valence electrons. The van der Waals surface area contributed by atoms with Crippen molar-refractivity contribution in [2.24, 2.45) is 13.0 Å². The normalized spacial score (nSPS) is 17.2. The van der Waals surface area contributed by atoms with Crippen molar-refractivity contribution in [3.05, 3.63) is 90.1 Å². The van der Waals surface area contributed by atoms with Crippen LogP contribution in [0.15, 0.2) is 79.0 Å². The van der Waals surface area contributed by atoms with Crippen LogP contribution in [0.5, 0.6) is 5.75 Å². The number of aryl methyl sites for hydroxylation is 1. The van der Waals surface area contributed by atoms with Gasteiger partial charge in [-0.15, -0.1) is 0 Å². The van der Waals surface area contributed by atoms with Crippen LogP contribution >= 0.6 is 0 Å². The topological polar surface area (TPSA) is 116 Å². The van der Waals surface area contributed by atoms with Gasteiger partial charge in [0.15, 0.2) is 0 Å². The number of nitrogens with zero attached hydrogens (tertiary/aromatic N) is 3. The number of nitrogens with one attached hydrogen (secondary N) is 2. The Balaban J connectivity index is 1.36. The second-order valence-corrected chi connectivity index (χ2v) is 11.5. The van der Waals surface area contributed by atoms with Crippen molar-refractivity contribution in [1.82, 2.24) is 14.4 Å². The summed E-state index contributed by atoms with van der Waals surface area (Å²) in [7, 11) is 3.65. The molecule has 0 aliphatic carbocycles. The van der Waals surface area contributed by atoms with E-state index in [-0.39, 0.29) is 48.9 Å². The van der Waals surface area contributed by atoms with Crippen molar-refractivity contribution in [3.8, 4) is 5.75 Å². The Labute approximate surface area is 257 Å². The summed E-state index contributed by atoms with van der Waals surface area (Å²) in [4.78, 5) is 43.0. The molecule has 0 fully saturated rings. The number of aliphatic hydroxyl groups excluding tert-OH is 1. The molecule has 4 aromatic rings. The van der Waals surface area contributed by atoms with Crippen molar-refractivity contribution in [1.29, 1.82) is 0 Å². The predicted octanol–water partition coefficient (Wildman–Crippen LogP) is 4.74. The number of hydrogen-bond acceptors (Lipinski definition) is 5. The number of urea groups is 1. The van der Waals surface area contributed by atoms with Gasteiger partial charge in [0.2, 0.25) is 5.91 Å². The molecule has 0 spiro atoms. The van der Waals surface area contributed by atoms with E-state index in [1.807, 2.05) is 79.3 Å². The summed E-state index contributed by atoms with van der Waals surface area (Å²) >= 11 is 0. The Morgan fingerprint density at radius 1 is 1.05 bits per heavy atom. The molecule has 0 saturated heterocycles.